The van der Waals surface area contributed by atoms with Gasteiger partial charge >= 0.3 is 0 Å². The zero-order valence-corrected chi connectivity index (χ0v) is 17.7. The van der Waals surface area contributed by atoms with Gasteiger partial charge in [-0.3, -0.25) is 4.79 Å². The molecule has 31 heavy (non-hydrogen) atoms. The lowest BCUT2D eigenvalue weighted by Crippen LogP contribution is -2.13. The van der Waals surface area contributed by atoms with Crippen LogP contribution in [0.2, 0.25) is 0 Å². The zero-order chi connectivity index (χ0) is 21.6. The molecule has 1 aromatic heterocycles. The number of carbonyl (C=O) groups is 1. The molecule has 0 aliphatic carbocycles. The maximum atomic E-state index is 13.9. The fourth-order valence-corrected chi connectivity index (χ4v) is 3.83. The predicted molar refractivity (Wildman–Crippen MR) is 119 cm³/mol. The Bertz CT molecular complexity index is 1190. The number of amides is 1. The van der Waals surface area contributed by atoms with Gasteiger partial charge in [0.2, 0.25) is 5.89 Å². The first kappa shape index (κ1) is 20.8. The van der Waals surface area contributed by atoms with E-state index in [2.05, 4.69) is 15.5 Å². The van der Waals surface area contributed by atoms with Crippen LogP contribution in [0.3, 0.4) is 0 Å². The molecule has 0 aliphatic rings. The Morgan fingerprint density at radius 2 is 1.81 bits per heavy atom. The average molecular weight is 434 g/mol. The number of aromatic nitrogens is 2. The third-order valence-electron chi connectivity index (χ3n) is 4.70. The molecule has 4 aromatic rings. The molecule has 0 radical (unpaired) electrons. The number of nitrogens with zero attached hydrogens (tertiary/aromatic N) is 2. The van der Waals surface area contributed by atoms with Crippen LogP contribution >= 0.6 is 11.8 Å². The molecule has 0 bridgehead atoms. The Balaban J connectivity index is 1.49. The first-order valence-electron chi connectivity index (χ1n) is 9.83. The molecule has 4 rings (SSSR count). The summed E-state index contributed by atoms with van der Waals surface area (Å²) >= 11 is 1.48. The van der Waals surface area contributed by atoms with Gasteiger partial charge in [-0.1, -0.05) is 61.2 Å². The average Bonchev–Trinajstić information content (AvgIpc) is 3.27. The van der Waals surface area contributed by atoms with E-state index in [1.54, 1.807) is 18.2 Å². The van der Waals surface area contributed by atoms with Gasteiger partial charge in [-0.25, -0.2) is 4.39 Å². The van der Waals surface area contributed by atoms with Crippen molar-refractivity contribution in [3.8, 4) is 11.5 Å². The summed E-state index contributed by atoms with van der Waals surface area (Å²) in [6, 6.07) is 21.4. The topological polar surface area (TPSA) is 68.0 Å². The van der Waals surface area contributed by atoms with Crippen LogP contribution in [0.5, 0.6) is 0 Å². The number of thioether (sulfide) groups is 1. The van der Waals surface area contributed by atoms with Crippen molar-refractivity contribution < 1.29 is 13.6 Å². The Labute approximate surface area is 183 Å². The lowest BCUT2D eigenvalue weighted by atomic mass is 10.0. The molecule has 1 N–H and O–H groups in total. The fourth-order valence-electron chi connectivity index (χ4n) is 3.11. The molecule has 0 spiro atoms. The summed E-state index contributed by atoms with van der Waals surface area (Å²) in [4.78, 5) is 12.4. The van der Waals surface area contributed by atoms with Crippen LogP contribution in [0, 0.1) is 5.82 Å². The van der Waals surface area contributed by atoms with E-state index in [0.29, 0.717) is 23.2 Å². The maximum Gasteiger partial charge on any atom is 0.277 e. The van der Waals surface area contributed by atoms with E-state index in [1.807, 2.05) is 49.4 Å². The van der Waals surface area contributed by atoms with Crippen molar-refractivity contribution in [3.63, 3.8) is 0 Å². The molecule has 5 nitrogen and oxygen atoms in total. The first-order valence-corrected chi connectivity index (χ1v) is 10.8. The monoisotopic (exact) mass is 433 g/mol. The largest absolute Gasteiger partial charge is 0.411 e. The minimum absolute atomic E-state index is 0.00149. The summed E-state index contributed by atoms with van der Waals surface area (Å²) in [5.74, 6) is 0.118. The standard InChI is InChI=1S/C24H20FN3O2S/c1-2-17-14-18(26-22(29)20-10-6-7-11-21(20)25)12-13-19(17)23-27-28-24(30-23)31-15-16-8-4-3-5-9-16/h3-14H,2,15H2,1H3,(H,26,29). The Kier molecular flexibility index (Phi) is 6.43. The summed E-state index contributed by atoms with van der Waals surface area (Å²) in [5.41, 5.74) is 3.50. The SMILES string of the molecule is CCc1cc(NC(=O)c2ccccc2F)ccc1-c1nnc(SCc2ccccc2)o1. The van der Waals surface area contributed by atoms with E-state index in [-0.39, 0.29) is 5.56 Å². The number of hydrogen-bond acceptors (Lipinski definition) is 5. The number of anilines is 1. The van der Waals surface area contributed by atoms with Crippen molar-refractivity contribution in [2.24, 2.45) is 0 Å². The highest BCUT2D eigenvalue weighted by Crippen LogP contribution is 2.29. The normalized spacial score (nSPS) is 10.8. The van der Waals surface area contributed by atoms with Crippen LogP contribution in [-0.4, -0.2) is 16.1 Å². The van der Waals surface area contributed by atoms with Crippen LogP contribution in [0.15, 0.2) is 82.4 Å². The molecule has 0 saturated carbocycles. The van der Waals surface area contributed by atoms with Gasteiger partial charge in [-0.05, 0) is 47.9 Å². The molecule has 0 saturated heterocycles. The van der Waals surface area contributed by atoms with Gasteiger partial charge in [0.05, 0.1) is 5.56 Å². The van der Waals surface area contributed by atoms with Crippen molar-refractivity contribution in [2.45, 2.75) is 24.3 Å². The van der Waals surface area contributed by atoms with E-state index in [1.165, 1.54) is 29.5 Å². The van der Waals surface area contributed by atoms with Crippen molar-refractivity contribution in [2.75, 3.05) is 5.32 Å². The van der Waals surface area contributed by atoms with Gasteiger partial charge in [-0.2, -0.15) is 0 Å². The molecule has 1 amide bonds. The van der Waals surface area contributed by atoms with E-state index in [4.69, 9.17) is 4.42 Å². The Morgan fingerprint density at radius 1 is 1.03 bits per heavy atom. The van der Waals surface area contributed by atoms with E-state index in [9.17, 15) is 9.18 Å². The van der Waals surface area contributed by atoms with Crippen LogP contribution in [-0.2, 0) is 12.2 Å². The number of benzene rings is 3. The van der Waals surface area contributed by atoms with Crippen LogP contribution < -0.4 is 5.32 Å². The quantitative estimate of drug-likeness (QED) is 0.363. The van der Waals surface area contributed by atoms with Crippen molar-refractivity contribution in [1.82, 2.24) is 10.2 Å². The van der Waals surface area contributed by atoms with Gasteiger partial charge in [0.1, 0.15) is 5.82 Å². The number of hydrogen-bond donors (Lipinski definition) is 1. The van der Waals surface area contributed by atoms with Gasteiger partial charge in [0, 0.05) is 17.0 Å². The fraction of sp³-hybridized carbons (Fsp3) is 0.125. The summed E-state index contributed by atoms with van der Waals surface area (Å²) in [6.45, 7) is 2.00. The van der Waals surface area contributed by atoms with Gasteiger partial charge in [0.25, 0.3) is 11.1 Å². The molecule has 7 heteroatoms. The zero-order valence-electron chi connectivity index (χ0n) is 16.8. The molecule has 3 aromatic carbocycles. The van der Waals surface area contributed by atoms with Crippen LogP contribution in [0.4, 0.5) is 10.1 Å². The number of halogens is 1. The van der Waals surface area contributed by atoms with Crippen LogP contribution in [0.1, 0.15) is 28.4 Å². The highest BCUT2D eigenvalue weighted by atomic mass is 32.2. The molecule has 1 heterocycles. The molecular formula is C24H20FN3O2S. The second-order valence-corrected chi connectivity index (χ2v) is 7.73. The number of carbonyl (C=O) groups excluding carboxylic acids is 1. The third kappa shape index (κ3) is 5.00. The number of aryl methyl sites for hydroxylation is 1. The van der Waals surface area contributed by atoms with E-state index < -0.39 is 11.7 Å². The number of rotatable bonds is 7. The summed E-state index contributed by atoms with van der Waals surface area (Å²) in [5, 5.41) is 11.6. The number of nitrogens with one attached hydrogen (secondary N) is 1. The Morgan fingerprint density at radius 3 is 2.58 bits per heavy atom. The molecule has 0 aliphatic heterocycles. The maximum absolute atomic E-state index is 13.9. The lowest BCUT2D eigenvalue weighted by molar-refractivity contribution is 0.102. The van der Waals surface area contributed by atoms with Gasteiger partial charge < -0.3 is 9.73 Å². The minimum Gasteiger partial charge on any atom is -0.411 e. The van der Waals surface area contributed by atoms with Crippen molar-refractivity contribution in [3.05, 3.63) is 95.3 Å². The molecule has 156 valence electrons. The lowest BCUT2D eigenvalue weighted by Gasteiger charge is -2.10. The first-order chi connectivity index (χ1) is 15.1. The summed E-state index contributed by atoms with van der Waals surface area (Å²) < 4.78 is 19.7. The van der Waals surface area contributed by atoms with Crippen molar-refractivity contribution >= 4 is 23.4 Å². The van der Waals surface area contributed by atoms with E-state index >= 15 is 0 Å². The van der Waals surface area contributed by atoms with Gasteiger partial charge in [-0.15, -0.1) is 10.2 Å². The van der Waals surface area contributed by atoms with Gasteiger partial charge in [0.15, 0.2) is 0 Å². The second kappa shape index (κ2) is 9.57. The molecule has 0 fully saturated rings. The highest BCUT2D eigenvalue weighted by molar-refractivity contribution is 7.98. The smallest absolute Gasteiger partial charge is 0.277 e. The third-order valence-corrected chi connectivity index (χ3v) is 5.59. The minimum atomic E-state index is -0.557. The molecule has 0 unspecified atom stereocenters. The second-order valence-electron chi connectivity index (χ2n) is 6.81. The predicted octanol–water partition coefficient (Wildman–Crippen LogP) is 5.98. The summed E-state index contributed by atoms with van der Waals surface area (Å²) in [7, 11) is 0. The highest BCUT2D eigenvalue weighted by Gasteiger charge is 2.15. The van der Waals surface area contributed by atoms with E-state index in [0.717, 1.165) is 16.9 Å². The molecule has 0 atom stereocenters. The summed E-state index contributed by atoms with van der Waals surface area (Å²) in [6.07, 6.45) is 0.702. The van der Waals surface area contributed by atoms with Crippen LogP contribution in [0.25, 0.3) is 11.5 Å². The Hall–Kier alpha value is -3.45. The van der Waals surface area contributed by atoms with Crippen molar-refractivity contribution in [1.29, 1.82) is 0 Å². The molecular weight excluding hydrogens is 413 g/mol.